The van der Waals surface area contributed by atoms with Crippen molar-refractivity contribution < 1.29 is 23.9 Å². The first-order valence-electron chi connectivity index (χ1n) is 11.3. The molecule has 0 atom stereocenters. The zero-order valence-corrected chi connectivity index (χ0v) is 22.7. The molecular weight excluding hydrogens is 482 g/mol. The maximum absolute atomic E-state index is 12.9. The number of ether oxygens (including phenoxy) is 2. The van der Waals surface area contributed by atoms with E-state index in [4.69, 9.17) is 9.47 Å². The molecule has 3 amide bonds. The number of morpholine rings is 1. The van der Waals surface area contributed by atoms with Crippen molar-refractivity contribution in [1.82, 2.24) is 5.32 Å². The molecule has 2 heterocycles. The zero-order valence-electron chi connectivity index (χ0n) is 20.9. The number of benzene rings is 1. The Bertz CT molecular complexity index is 1190. The van der Waals surface area contributed by atoms with E-state index < -0.39 is 25.6 Å². The number of hydrogen-bond donors (Lipinski definition) is 2. The van der Waals surface area contributed by atoms with Gasteiger partial charge in [0.1, 0.15) is 20.2 Å². The minimum Gasteiger partial charge on any atom is -0.399 e. The topological polar surface area (TPSA) is 97.0 Å². The number of nitrogens with one attached hydrogen (secondary N) is 2. The molecular formula is C25H31N3O5SSi. The van der Waals surface area contributed by atoms with Crippen molar-refractivity contribution >= 4 is 48.7 Å². The molecule has 2 N–H and O–H groups in total. The average Bonchev–Trinajstić information content (AvgIpc) is 3.19. The number of anilines is 2. The van der Waals surface area contributed by atoms with Crippen molar-refractivity contribution in [3.05, 3.63) is 40.8 Å². The van der Waals surface area contributed by atoms with Gasteiger partial charge >= 0.3 is 6.09 Å². The number of thiophene rings is 1. The molecule has 8 nitrogen and oxygen atoms in total. The quantitative estimate of drug-likeness (QED) is 0.462. The molecule has 3 rings (SSSR count). The highest BCUT2D eigenvalue weighted by Gasteiger charge is 2.31. The minimum absolute atomic E-state index is 0.0620. The van der Waals surface area contributed by atoms with Gasteiger partial charge in [0.2, 0.25) is 5.91 Å². The van der Waals surface area contributed by atoms with E-state index in [1.54, 1.807) is 43.0 Å². The van der Waals surface area contributed by atoms with Gasteiger partial charge in [-0.3, -0.25) is 9.59 Å². The fourth-order valence-corrected chi connectivity index (χ4v) is 4.52. The monoisotopic (exact) mass is 513 g/mol. The number of amides is 3. The Kier molecular flexibility index (Phi) is 8.05. The Morgan fingerprint density at radius 3 is 2.60 bits per heavy atom. The molecule has 2 aromatic rings. The van der Waals surface area contributed by atoms with Crippen LogP contribution in [0.25, 0.3) is 0 Å². The first kappa shape index (κ1) is 26.5. The van der Waals surface area contributed by atoms with E-state index in [9.17, 15) is 14.4 Å². The maximum Gasteiger partial charge on any atom is 0.414 e. The third-order valence-corrected chi connectivity index (χ3v) is 6.80. The molecule has 1 saturated heterocycles. The summed E-state index contributed by atoms with van der Waals surface area (Å²) in [4.78, 5) is 39.9. The predicted molar refractivity (Wildman–Crippen MR) is 141 cm³/mol. The second-order valence-electron chi connectivity index (χ2n) is 9.81. The lowest BCUT2D eigenvalue weighted by Gasteiger charge is -2.28. The molecule has 0 aliphatic carbocycles. The van der Waals surface area contributed by atoms with Crippen LogP contribution in [0.1, 0.15) is 24.3 Å². The van der Waals surface area contributed by atoms with Crippen LogP contribution in [0.4, 0.5) is 16.2 Å². The van der Waals surface area contributed by atoms with Gasteiger partial charge in [0.05, 0.1) is 11.5 Å². The molecule has 1 aromatic carbocycles. The third-order valence-electron chi connectivity index (χ3n) is 5.05. The molecule has 1 fully saturated rings. The van der Waals surface area contributed by atoms with Gasteiger partial charge in [0.15, 0.2) is 5.06 Å². The molecule has 0 bridgehead atoms. The van der Waals surface area contributed by atoms with Crippen LogP contribution >= 0.6 is 11.3 Å². The van der Waals surface area contributed by atoms with Gasteiger partial charge in [-0.15, -0.1) is 5.54 Å². The van der Waals surface area contributed by atoms with Crippen molar-refractivity contribution in [2.24, 2.45) is 0 Å². The summed E-state index contributed by atoms with van der Waals surface area (Å²) in [6, 6.07) is 8.82. The summed E-state index contributed by atoms with van der Waals surface area (Å²) >= 11 is 1.28. The lowest BCUT2D eigenvalue weighted by Crippen LogP contribution is -2.53. The second-order valence-corrected chi connectivity index (χ2v) is 15.6. The number of carbonyl (C=O) groups is 3. The highest BCUT2D eigenvalue weighted by molar-refractivity contribution is 7.14. The number of hydrogen-bond acceptors (Lipinski definition) is 6. The van der Waals surface area contributed by atoms with Crippen molar-refractivity contribution in [3.8, 4) is 16.5 Å². The summed E-state index contributed by atoms with van der Waals surface area (Å²) in [7, 11) is -1.50. The van der Waals surface area contributed by atoms with E-state index in [0.29, 0.717) is 23.9 Å². The molecule has 10 heteroatoms. The molecule has 1 aliphatic rings. The molecule has 1 aliphatic heterocycles. The highest BCUT2D eigenvalue weighted by Crippen LogP contribution is 2.26. The van der Waals surface area contributed by atoms with Crippen LogP contribution in [0, 0.1) is 18.4 Å². The summed E-state index contributed by atoms with van der Waals surface area (Å²) in [6.45, 7) is 12.6. The molecule has 186 valence electrons. The Morgan fingerprint density at radius 2 is 1.94 bits per heavy atom. The zero-order chi connectivity index (χ0) is 25.8. The van der Waals surface area contributed by atoms with E-state index in [1.807, 2.05) is 13.0 Å². The SMILES string of the molecule is Cc1cc(NC(=O)C(C)(C)NC(=O)Oc2ccc(C#C[Si](C)(C)C)s2)ccc1N1CCOCC1=O. The first-order chi connectivity index (χ1) is 16.3. The van der Waals surface area contributed by atoms with Crippen molar-refractivity contribution in [3.63, 3.8) is 0 Å². The van der Waals surface area contributed by atoms with Crippen LogP contribution in [0.15, 0.2) is 30.3 Å². The van der Waals surface area contributed by atoms with Gasteiger partial charge in [0.25, 0.3) is 5.91 Å². The number of aryl methyl sites for hydroxylation is 1. The Labute approximate surface area is 211 Å². The fraction of sp³-hybridized carbons (Fsp3) is 0.400. The van der Waals surface area contributed by atoms with Crippen LogP contribution in [-0.4, -0.2) is 51.3 Å². The summed E-state index contributed by atoms with van der Waals surface area (Å²) in [5, 5.41) is 5.84. The first-order valence-corrected chi connectivity index (χ1v) is 15.6. The normalized spacial score (nSPS) is 14.1. The standard InChI is InChI=1S/C25H31N3O5SSi/c1-17-15-18(7-9-20(17)28-12-13-32-16-21(28)29)26-23(30)25(2,3)27-24(31)33-22-10-8-19(34-22)11-14-35(4,5)6/h7-10,15H,12-13,16H2,1-6H3,(H,26,30)(H,27,31). The summed E-state index contributed by atoms with van der Waals surface area (Å²) < 4.78 is 10.5. The van der Waals surface area contributed by atoms with Crippen LogP contribution in [0.5, 0.6) is 5.06 Å². The van der Waals surface area contributed by atoms with Crippen molar-refractivity contribution in [2.45, 2.75) is 46.0 Å². The predicted octanol–water partition coefficient (Wildman–Crippen LogP) is 4.15. The number of nitrogens with zero attached hydrogens (tertiary/aromatic N) is 1. The third kappa shape index (κ3) is 7.42. The number of rotatable bonds is 5. The van der Waals surface area contributed by atoms with Crippen molar-refractivity contribution in [2.75, 3.05) is 30.0 Å². The fourth-order valence-electron chi connectivity index (χ4n) is 3.22. The van der Waals surface area contributed by atoms with Crippen LogP contribution < -0.4 is 20.3 Å². The molecule has 0 spiro atoms. The molecule has 0 radical (unpaired) electrons. The van der Waals surface area contributed by atoms with Gasteiger partial charge in [-0.25, -0.2) is 4.79 Å². The Morgan fingerprint density at radius 1 is 1.20 bits per heavy atom. The average molecular weight is 514 g/mol. The van der Waals surface area contributed by atoms with E-state index in [0.717, 1.165) is 16.1 Å². The largest absolute Gasteiger partial charge is 0.414 e. The Balaban J connectivity index is 1.59. The molecule has 1 aromatic heterocycles. The lowest BCUT2D eigenvalue weighted by molar-refractivity contribution is -0.125. The van der Waals surface area contributed by atoms with E-state index in [2.05, 4.69) is 41.7 Å². The van der Waals surface area contributed by atoms with E-state index >= 15 is 0 Å². The van der Waals surface area contributed by atoms with Gasteiger partial charge in [-0.05, 0) is 56.7 Å². The van der Waals surface area contributed by atoms with Crippen LogP contribution in [-0.2, 0) is 14.3 Å². The highest BCUT2D eigenvalue weighted by atomic mass is 32.1. The second kappa shape index (κ2) is 10.6. The molecule has 35 heavy (non-hydrogen) atoms. The van der Waals surface area contributed by atoms with Crippen LogP contribution in [0.2, 0.25) is 19.6 Å². The van der Waals surface area contributed by atoms with Crippen molar-refractivity contribution in [1.29, 1.82) is 0 Å². The lowest BCUT2D eigenvalue weighted by atomic mass is 10.0. The van der Waals surface area contributed by atoms with E-state index in [-0.39, 0.29) is 12.5 Å². The van der Waals surface area contributed by atoms with Crippen LogP contribution in [0.3, 0.4) is 0 Å². The summed E-state index contributed by atoms with van der Waals surface area (Å²) in [5.41, 5.74) is 4.22. The number of carbonyl (C=O) groups excluding carboxylic acids is 3. The molecule has 0 saturated carbocycles. The Hall–Kier alpha value is -3.13. The molecule has 0 unspecified atom stereocenters. The van der Waals surface area contributed by atoms with Gasteiger partial charge in [0, 0.05) is 17.9 Å². The summed E-state index contributed by atoms with van der Waals surface area (Å²) in [5.74, 6) is 2.63. The van der Waals surface area contributed by atoms with Gasteiger partial charge < -0.3 is 25.0 Å². The maximum atomic E-state index is 12.9. The van der Waals surface area contributed by atoms with E-state index in [1.165, 1.54) is 11.3 Å². The minimum atomic E-state index is -1.50. The van der Waals surface area contributed by atoms with Gasteiger partial charge in [-0.1, -0.05) is 36.9 Å². The van der Waals surface area contributed by atoms with Gasteiger partial charge in [-0.2, -0.15) is 0 Å². The summed E-state index contributed by atoms with van der Waals surface area (Å²) in [6.07, 6.45) is -0.728. The smallest absolute Gasteiger partial charge is 0.399 e.